The molecule has 0 rings (SSSR count). The molecule has 0 bridgehead atoms. The van der Waals surface area contributed by atoms with Crippen LogP contribution in [-0.4, -0.2) is 31.1 Å². The molecular formula is C20H41N2O3+. The van der Waals surface area contributed by atoms with E-state index in [4.69, 9.17) is 4.74 Å². The zero-order chi connectivity index (χ0) is 18.8. The molecule has 0 heterocycles. The van der Waals surface area contributed by atoms with E-state index in [1.54, 1.807) is 6.92 Å². The van der Waals surface area contributed by atoms with E-state index >= 15 is 0 Å². The van der Waals surface area contributed by atoms with Gasteiger partial charge in [0, 0.05) is 19.4 Å². The molecule has 0 radical (unpaired) electrons. The van der Waals surface area contributed by atoms with Gasteiger partial charge in [0.1, 0.15) is 0 Å². The van der Waals surface area contributed by atoms with Gasteiger partial charge in [0.2, 0.25) is 5.91 Å². The Morgan fingerprint density at radius 3 is 2.08 bits per heavy atom. The molecule has 1 atom stereocenters. The molecule has 0 saturated heterocycles. The Morgan fingerprint density at radius 2 is 1.48 bits per heavy atom. The number of hydrogen-bond donors (Lipinski definition) is 2. The molecule has 0 aliphatic rings. The van der Waals surface area contributed by atoms with Gasteiger partial charge in [0.05, 0.1) is 6.61 Å². The lowest BCUT2D eigenvalue weighted by Crippen LogP contribution is -2.65. The van der Waals surface area contributed by atoms with Crippen LogP contribution in [-0.2, 0) is 14.3 Å². The van der Waals surface area contributed by atoms with Crippen LogP contribution < -0.4 is 11.1 Å². The Morgan fingerprint density at radius 1 is 0.880 bits per heavy atom. The summed E-state index contributed by atoms with van der Waals surface area (Å²) < 4.78 is 4.92. The van der Waals surface area contributed by atoms with Gasteiger partial charge in [-0.05, 0) is 26.2 Å². The number of ether oxygens (including phenoxy) is 1. The van der Waals surface area contributed by atoms with Gasteiger partial charge < -0.3 is 15.8 Å². The lowest BCUT2D eigenvalue weighted by atomic mass is 10.1. The van der Waals surface area contributed by atoms with Crippen molar-refractivity contribution in [2.24, 2.45) is 0 Å². The van der Waals surface area contributed by atoms with E-state index in [1.807, 2.05) is 0 Å². The second-order valence-corrected chi connectivity index (χ2v) is 6.87. The number of esters is 1. The third-order valence-electron chi connectivity index (χ3n) is 4.43. The molecule has 0 aromatic rings. The minimum atomic E-state index is -0.294. The van der Waals surface area contributed by atoms with Crippen LogP contribution in [0.5, 0.6) is 0 Å². The molecule has 0 fully saturated rings. The zero-order valence-electron chi connectivity index (χ0n) is 16.6. The van der Waals surface area contributed by atoms with Crippen LogP contribution >= 0.6 is 0 Å². The maximum atomic E-state index is 11.7. The average molecular weight is 358 g/mol. The molecule has 4 N–H and O–H groups in total. The largest absolute Gasteiger partial charge is 0.462 e. The molecule has 25 heavy (non-hydrogen) atoms. The molecule has 5 nitrogen and oxygen atoms in total. The molecule has 5 heteroatoms. The number of hydrogen-bond acceptors (Lipinski definition) is 3. The van der Waals surface area contributed by atoms with Crippen LogP contribution in [0, 0.1) is 0 Å². The van der Waals surface area contributed by atoms with Gasteiger partial charge in [-0.25, -0.2) is 4.79 Å². The summed E-state index contributed by atoms with van der Waals surface area (Å²) in [7, 11) is 0. The second kappa shape index (κ2) is 17.7. The molecule has 1 unspecified atom stereocenters. The third-order valence-corrected chi connectivity index (χ3v) is 4.43. The third kappa shape index (κ3) is 16.1. The first-order valence-electron chi connectivity index (χ1n) is 10.4. The zero-order valence-corrected chi connectivity index (χ0v) is 16.6. The normalized spacial score (nSPS) is 12.0. The molecule has 0 spiro atoms. The summed E-state index contributed by atoms with van der Waals surface area (Å²) >= 11 is 0. The molecule has 0 aromatic heterocycles. The molecule has 0 aliphatic carbocycles. The molecule has 1 amide bonds. The van der Waals surface area contributed by atoms with Gasteiger partial charge in [-0.3, -0.25) is 4.79 Å². The standard InChI is InChI=1S/C20H40N2O3/c1-3-5-6-7-8-9-10-11-12-16-19(23)22-17-14-13-15-18(21)20(24)25-4-2/h18H,3-17,21H2,1-2H3,(H,22,23)/p+1. The smallest absolute Gasteiger partial charge is 0.364 e. The van der Waals surface area contributed by atoms with Crippen LogP contribution in [0.15, 0.2) is 0 Å². The average Bonchev–Trinajstić information content (AvgIpc) is 2.60. The molecule has 148 valence electrons. The first-order valence-corrected chi connectivity index (χ1v) is 10.4. The van der Waals surface area contributed by atoms with Crippen LogP contribution in [0.2, 0.25) is 0 Å². The van der Waals surface area contributed by atoms with Gasteiger partial charge >= 0.3 is 5.97 Å². The predicted molar refractivity (Wildman–Crippen MR) is 102 cm³/mol. The summed E-state index contributed by atoms with van der Waals surface area (Å²) in [5.74, 6) is -0.0728. The number of amides is 1. The van der Waals surface area contributed by atoms with E-state index in [9.17, 15) is 9.59 Å². The summed E-state index contributed by atoms with van der Waals surface area (Å²) in [6.45, 7) is 5.13. The first-order chi connectivity index (χ1) is 12.1. The Labute approximate surface area is 154 Å². The summed E-state index contributed by atoms with van der Waals surface area (Å²) in [4.78, 5) is 23.2. The van der Waals surface area contributed by atoms with Crippen molar-refractivity contribution in [3.8, 4) is 0 Å². The fourth-order valence-corrected chi connectivity index (χ4v) is 2.81. The van der Waals surface area contributed by atoms with Gasteiger partial charge in [0.15, 0.2) is 6.04 Å². The summed E-state index contributed by atoms with van der Waals surface area (Å²) in [6, 6.07) is -0.294. The van der Waals surface area contributed by atoms with E-state index in [0.717, 1.165) is 25.7 Å². The first kappa shape index (κ1) is 23.9. The summed E-state index contributed by atoms with van der Waals surface area (Å²) in [5.41, 5.74) is 3.81. The van der Waals surface area contributed by atoms with Crippen molar-refractivity contribution in [2.75, 3.05) is 13.2 Å². The molecule has 0 aromatic carbocycles. The van der Waals surface area contributed by atoms with E-state index in [-0.39, 0.29) is 17.9 Å². The van der Waals surface area contributed by atoms with Crippen LogP contribution in [0.1, 0.15) is 97.3 Å². The highest BCUT2D eigenvalue weighted by atomic mass is 16.5. The SMILES string of the molecule is CCCCCCCCCCCC(=O)NCCCCC([NH3+])C(=O)OCC. The number of unbranched alkanes of at least 4 members (excludes halogenated alkanes) is 9. The number of rotatable bonds is 17. The second-order valence-electron chi connectivity index (χ2n) is 6.87. The fourth-order valence-electron chi connectivity index (χ4n) is 2.81. The number of carbonyl (C=O) groups is 2. The highest BCUT2D eigenvalue weighted by Crippen LogP contribution is 2.10. The minimum Gasteiger partial charge on any atom is -0.462 e. The van der Waals surface area contributed by atoms with Gasteiger partial charge in [0.25, 0.3) is 0 Å². The number of quaternary nitrogens is 1. The topological polar surface area (TPSA) is 83.0 Å². The maximum Gasteiger partial charge on any atom is 0.364 e. The number of nitrogens with one attached hydrogen (secondary N) is 1. The molecular weight excluding hydrogens is 316 g/mol. The van der Waals surface area contributed by atoms with E-state index in [0.29, 0.717) is 26.0 Å². The lowest BCUT2D eigenvalue weighted by molar-refractivity contribution is -0.409. The van der Waals surface area contributed by atoms with E-state index < -0.39 is 0 Å². The van der Waals surface area contributed by atoms with Crippen molar-refractivity contribution < 1.29 is 20.1 Å². The van der Waals surface area contributed by atoms with E-state index in [1.165, 1.54) is 44.9 Å². The van der Waals surface area contributed by atoms with E-state index in [2.05, 4.69) is 18.0 Å². The van der Waals surface area contributed by atoms with Crippen LogP contribution in [0.25, 0.3) is 0 Å². The van der Waals surface area contributed by atoms with Crippen LogP contribution in [0.4, 0.5) is 0 Å². The van der Waals surface area contributed by atoms with Gasteiger partial charge in [-0.15, -0.1) is 0 Å². The van der Waals surface area contributed by atoms with Gasteiger partial charge in [-0.1, -0.05) is 58.3 Å². The Hall–Kier alpha value is -1.10. The maximum absolute atomic E-state index is 11.7. The lowest BCUT2D eigenvalue weighted by Gasteiger charge is -2.08. The van der Waals surface area contributed by atoms with Crippen molar-refractivity contribution in [1.82, 2.24) is 5.32 Å². The quantitative estimate of drug-likeness (QED) is 0.309. The Balaban J connectivity index is 3.35. The fraction of sp³-hybridized carbons (Fsp3) is 0.900. The number of carbonyl (C=O) groups excluding carboxylic acids is 2. The van der Waals surface area contributed by atoms with Gasteiger partial charge in [-0.2, -0.15) is 0 Å². The van der Waals surface area contributed by atoms with Crippen molar-refractivity contribution >= 4 is 11.9 Å². The Kier molecular flexibility index (Phi) is 16.9. The van der Waals surface area contributed by atoms with Crippen molar-refractivity contribution in [1.29, 1.82) is 0 Å². The van der Waals surface area contributed by atoms with Crippen molar-refractivity contribution in [3.05, 3.63) is 0 Å². The summed E-state index contributed by atoms with van der Waals surface area (Å²) in [5, 5.41) is 2.96. The summed E-state index contributed by atoms with van der Waals surface area (Å²) in [6.07, 6.45) is 14.5. The predicted octanol–water partition coefficient (Wildman–Crippen LogP) is 3.37. The molecule has 0 saturated carbocycles. The van der Waals surface area contributed by atoms with Crippen molar-refractivity contribution in [3.63, 3.8) is 0 Å². The highest BCUT2D eigenvalue weighted by Gasteiger charge is 2.17. The highest BCUT2D eigenvalue weighted by molar-refractivity contribution is 5.75. The Bertz CT molecular complexity index is 335. The van der Waals surface area contributed by atoms with Crippen molar-refractivity contribution in [2.45, 2.75) is 103 Å². The monoisotopic (exact) mass is 357 g/mol. The molecule has 0 aliphatic heterocycles. The minimum absolute atomic E-state index is 0.152. The van der Waals surface area contributed by atoms with Crippen LogP contribution in [0.3, 0.4) is 0 Å².